The van der Waals surface area contributed by atoms with Crippen molar-refractivity contribution in [3.63, 3.8) is 0 Å². The number of nitrogens with two attached hydrogens (primary N) is 1. The Bertz CT molecular complexity index is 439. The molecule has 4 N–H and O–H groups in total. The molecule has 1 aromatic rings. The van der Waals surface area contributed by atoms with E-state index in [9.17, 15) is 4.79 Å². The van der Waals surface area contributed by atoms with E-state index < -0.39 is 0 Å². The summed E-state index contributed by atoms with van der Waals surface area (Å²) in [6, 6.07) is 7.31. The third-order valence-corrected chi connectivity index (χ3v) is 3.97. The van der Waals surface area contributed by atoms with Crippen LogP contribution >= 0.6 is 0 Å². The fraction of sp³-hybridized carbons (Fsp3) is 0.533. The summed E-state index contributed by atoms with van der Waals surface area (Å²) < 4.78 is 5.57. The smallest absolute Gasteiger partial charge is 0.319 e. The molecule has 0 saturated heterocycles. The number of rotatable bonds is 5. The average molecular weight is 277 g/mol. The summed E-state index contributed by atoms with van der Waals surface area (Å²) in [5, 5.41) is 5.71. The predicted molar refractivity (Wildman–Crippen MR) is 79.6 cm³/mol. The quantitative estimate of drug-likeness (QED) is 0.772. The topological polar surface area (TPSA) is 76.4 Å². The molecule has 1 aliphatic carbocycles. The van der Waals surface area contributed by atoms with Crippen molar-refractivity contribution in [3.05, 3.63) is 29.8 Å². The second kappa shape index (κ2) is 6.72. The molecule has 20 heavy (non-hydrogen) atoms. The van der Waals surface area contributed by atoms with Crippen molar-refractivity contribution in [1.29, 1.82) is 0 Å². The van der Waals surface area contributed by atoms with Crippen molar-refractivity contribution in [1.82, 2.24) is 5.32 Å². The number of carbonyl (C=O) groups is 1. The lowest BCUT2D eigenvalue weighted by Crippen LogP contribution is -2.43. The average Bonchev–Trinajstić information content (AvgIpc) is 2.95. The molecule has 0 aliphatic heterocycles. The first-order valence-electron chi connectivity index (χ1n) is 7.06. The molecule has 5 nitrogen and oxygen atoms in total. The van der Waals surface area contributed by atoms with E-state index in [1.54, 1.807) is 7.11 Å². The number of ether oxygens (including phenoxy) is 1. The highest BCUT2D eigenvalue weighted by molar-refractivity contribution is 5.89. The Morgan fingerprint density at radius 1 is 1.30 bits per heavy atom. The molecule has 0 spiro atoms. The van der Waals surface area contributed by atoms with Gasteiger partial charge in [0.2, 0.25) is 0 Å². The first-order chi connectivity index (χ1) is 9.67. The van der Waals surface area contributed by atoms with Gasteiger partial charge < -0.3 is 21.1 Å². The number of anilines is 1. The van der Waals surface area contributed by atoms with Crippen molar-refractivity contribution in [2.45, 2.75) is 37.8 Å². The number of hydrogen-bond donors (Lipinski definition) is 3. The molecule has 5 heteroatoms. The molecular formula is C15H23N3O2. The molecule has 0 heterocycles. The Balaban J connectivity index is 1.82. The van der Waals surface area contributed by atoms with Gasteiger partial charge in [0.05, 0.1) is 5.60 Å². The van der Waals surface area contributed by atoms with Gasteiger partial charge in [-0.3, -0.25) is 0 Å². The molecule has 2 amide bonds. The third kappa shape index (κ3) is 3.71. The van der Waals surface area contributed by atoms with E-state index in [0.29, 0.717) is 13.1 Å². The minimum absolute atomic E-state index is 0.180. The van der Waals surface area contributed by atoms with Gasteiger partial charge in [-0.15, -0.1) is 0 Å². The Hall–Kier alpha value is -1.59. The van der Waals surface area contributed by atoms with Crippen LogP contribution in [0.15, 0.2) is 24.3 Å². The van der Waals surface area contributed by atoms with E-state index in [1.807, 2.05) is 24.3 Å². The Labute approximate surface area is 119 Å². The van der Waals surface area contributed by atoms with Crippen LogP contribution in [-0.4, -0.2) is 25.3 Å². The van der Waals surface area contributed by atoms with Gasteiger partial charge >= 0.3 is 6.03 Å². The summed E-state index contributed by atoms with van der Waals surface area (Å²) in [5.74, 6) is 0. The molecule has 1 fully saturated rings. The fourth-order valence-electron chi connectivity index (χ4n) is 2.61. The van der Waals surface area contributed by atoms with E-state index >= 15 is 0 Å². The van der Waals surface area contributed by atoms with Crippen LogP contribution in [0.2, 0.25) is 0 Å². The first kappa shape index (κ1) is 14.8. The summed E-state index contributed by atoms with van der Waals surface area (Å²) >= 11 is 0. The monoisotopic (exact) mass is 277 g/mol. The van der Waals surface area contributed by atoms with Crippen LogP contribution in [0.4, 0.5) is 10.5 Å². The minimum Gasteiger partial charge on any atom is -0.376 e. The van der Waals surface area contributed by atoms with Crippen molar-refractivity contribution < 1.29 is 9.53 Å². The van der Waals surface area contributed by atoms with E-state index in [1.165, 1.54) is 0 Å². The molecule has 1 aliphatic rings. The van der Waals surface area contributed by atoms with Gasteiger partial charge in [-0.25, -0.2) is 4.79 Å². The molecule has 0 aromatic heterocycles. The van der Waals surface area contributed by atoms with Crippen molar-refractivity contribution in [2.24, 2.45) is 5.73 Å². The second-order valence-corrected chi connectivity index (χ2v) is 5.30. The van der Waals surface area contributed by atoms with E-state index in [2.05, 4.69) is 10.6 Å². The number of benzene rings is 1. The largest absolute Gasteiger partial charge is 0.376 e. The number of methoxy groups -OCH3 is 1. The molecule has 0 unspecified atom stereocenters. The van der Waals surface area contributed by atoms with E-state index in [-0.39, 0.29) is 11.6 Å². The van der Waals surface area contributed by atoms with Gasteiger partial charge in [-0.2, -0.15) is 0 Å². The molecule has 0 radical (unpaired) electrons. The maximum Gasteiger partial charge on any atom is 0.319 e. The van der Waals surface area contributed by atoms with Crippen LogP contribution in [0.25, 0.3) is 0 Å². The fourth-order valence-corrected chi connectivity index (χ4v) is 2.61. The van der Waals surface area contributed by atoms with Gasteiger partial charge in [0.25, 0.3) is 0 Å². The zero-order valence-electron chi connectivity index (χ0n) is 11.9. The SMILES string of the molecule is COC1(CNC(=O)Nc2ccc(CN)cc2)CCCC1. The second-order valence-electron chi connectivity index (χ2n) is 5.30. The maximum atomic E-state index is 11.9. The van der Waals surface area contributed by atoms with Crippen LogP contribution in [0.5, 0.6) is 0 Å². The molecule has 110 valence electrons. The highest BCUT2D eigenvalue weighted by Gasteiger charge is 2.33. The van der Waals surface area contributed by atoms with Crippen LogP contribution < -0.4 is 16.4 Å². The van der Waals surface area contributed by atoms with Crippen LogP contribution in [0.1, 0.15) is 31.2 Å². The van der Waals surface area contributed by atoms with Gasteiger partial charge in [-0.1, -0.05) is 25.0 Å². The highest BCUT2D eigenvalue weighted by Crippen LogP contribution is 2.31. The Kier molecular flexibility index (Phi) is 4.98. The van der Waals surface area contributed by atoms with E-state index in [4.69, 9.17) is 10.5 Å². The lowest BCUT2D eigenvalue weighted by atomic mass is 10.0. The van der Waals surface area contributed by atoms with Gasteiger partial charge in [0.15, 0.2) is 0 Å². The molecule has 2 rings (SSSR count). The summed E-state index contributed by atoms with van der Waals surface area (Å²) in [7, 11) is 1.72. The first-order valence-corrected chi connectivity index (χ1v) is 7.06. The lowest BCUT2D eigenvalue weighted by Gasteiger charge is -2.27. The number of hydrogen-bond acceptors (Lipinski definition) is 3. The summed E-state index contributed by atoms with van der Waals surface area (Å²) in [6.45, 7) is 1.05. The third-order valence-electron chi connectivity index (χ3n) is 3.97. The van der Waals surface area contributed by atoms with E-state index in [0.717, 1.165) is 36.9 Å². The van der Waals surface area contributed by atoms with Gasteiger partial charge in [0.1, 0.15) is 0 Å². The Morgan fingerprint density at radius 2 is 1.95 bits per heavy atom. The molecule has 0 atom stereocenters. The van der Waals surface area contributed by atoms with Crippen LogP contribution in [0.3, 0.4) is 0 Å². The summed E-state index contributed by atoms with van der Waals surface area (Å²) in [6.07, 6.45) is 4.35. The zero-order chi connectivity index (χ0) is 14.4. The number of amides is 2. The van der Waals surface area contributed by atoms with Gasteiger partial charge in [0, 0.05) is 25.9 Å². The van der Waals surface area contributed by atoms with Crippen molar-refractivity contribution in [3.8, 4) is 0 Å². The van der Waals surface area contributed by atoms with Crippen LogP contribution in [0, 0.1) is 0 Å². The highest BCUT2D eigenvalue weighted by atomic mass is 16.5. The molecule has 0 bridgehead atoms. The summed E-state index contributed by atoms with van der Waals surface area (Å²) in [4.78, 5) is 11.9. The molecule has 1 aromatic carbocycles. The Morgan fingerprint density at radius 3 is 2.50 bits per heavy atom. The molecular weight excluding hydrogens is 254 g/mol. The standard InChI is InChI=1S/C15H23N3O2/c1-20-15(8-2-3-9-15)11-17-14(19)18-13-6-4-12(10-16)5-7-13/h4-7H,2-3,8-11,16H2,1H3,(H2,17,18,19). The lowest BCUT2D eigenvalue weighted by molar-refractivity contribution is -0.000786. The normalized spacial score (nSPS) is 16.9. The van der Waals surface area contributed by atoms with Crippen LogP contribution in [-0.2, 0) is 11.3 Å². The number of carbonyl (C=O) groups excluding carboxylic acids is 1. The zero-order valence-corrected chi connectivity index (χ0v) is 11.9. The molecule has 1 saturated carbocycles. The van der Waals surface area contributed by atoms with Crippen molar-refractivity contribution in [2.75, 3.05) is 19.0 Å². The minimum atomic E-state index is -0.200. The number of nitrogens with one attached hydrogen (secondary N) is 2. The summed E-state index contributed by atoms with van der Waals surface area (Å²) in [5.41, 5.74) is 7.16. The van der Waals surface area contributed by atoms with Gasteiger partial charge in [-0.05, 0) is 30.5 Å². The maximum absolute atomic E-state index is 11.9. The van der Waals surface area contributed by atoms with Crippen molar-refractivity contribution >= 4 is 11.7 Å². The predicted octanol–water partition coefficient (Wildman–Crippen LogP) is 2.23. The number of urea groups is 1.